The second kappa shape index (κ2) is 7.30. The van der Waals surface area contributed by atoms with Gasteiger partial charge in [0.15, 0.2) is 0 Å². The second-order valence-electron chi connectivity index (χ2n) is 6.24. The Morgan fingerprint density at radius 2 is 1.72 bits per heavy atom. The van der Waals surface area contributed by atoms with Crippen molar-refractivity contribution < 1.29 is 4.79 Å². The number of benzene rings is 1. The van der Waals surface area contributed by atoms with E-state index >= 15 is 0 Å². The first kappa shape index (κ1) is 16.9. The minimum Gasteiger partial charge on any atom is -0.349 e. The van der Waals surface area contributed by atoms with Crippen molar-refractivity contribution in [3.8, 4) is 11.1 Å². The molecule has 0 aliphatic heterocycles. The maximum atomic E-state index is 12.3. The molecular weight excluding hydrogens is 312 g/mol. The minimum absolute atomic E-state index is 0.00156. The van der Waals surface area contributed by atoms with Crippen molar-refractivity contribution in [2.45, 2.75) is 33.2 Å². The molecule has 1 amide bonds. The summed E-state index contributed by atoms with van der Waals surface area (Å²) in [6, 6.07) is 12.1. The maximum absolute atomic E-state index is 12.3. The summed E-state index contributed by atoms with van der Waals surface area (Å²) in [5.41, 5.74) is 6.13. The van der Waals surface area contributed by atoms with E-state index in [0.717, 1.165) is 33.6 Å². The van der Waals surface area contributed by atoms with Gasteiger partial charge in [-0.15, -0.1) is 0 Å². The minimum atomic E-state index is -0.0495. The number of nitrogens with zero attached hydrogens (tertiary/aromatic N) is 2. The summed E-state index contributed by atoms with van der Waals surface area (Å²) >= 11 is 0. The summed E-state index contributed by atoms with van der Waals surface area (Å²) in [7, 11) is 0. The first-order chi connectivity index (χ1) is 12.0. The number of H-pyrrole nitrogens is 1. The van der Waals surface area contributed by atoms with Gasteiger partial charge in [-0.3, -0.25) is 14.9 Å². The predicted molar refractivity (Wildman–Crippen MR) is 98.0 cm³/mol. The molecule has 3 rings (SSSR count). The zero-order chi connectivity index (χ0) is 17.8. The molecule has 0 spiro atoms. The Labute approximate surface area is 147 Å². The molecule has 0 aliphatic rings. The first-order valence-electron chi connectivity index (χ1n) is 8.34. The Morgan fingerprint density at radius 3 is 2.32 bits per heavy atom. The Hall–Kier alpha value is -2.95. The van der Waals surface area contributed by atoms with Crippen LogP contribution in [0.2, 0.25) is 0 Å². The van der Waals surface area contributed by atoms with Crippen LogP contribution < -0.4 is 5.32 Å². The fraction of sp³-hybridized carbons (Fsp3) is 0.250. The van der Waals surface area contributed by atoms with Crippen LogP contribution in [0.5, 0.6) is 0 Å². The van der Waals surface area contributed by atoms with Gasteiger partial charge in [-0.1, -0.05) is 24.3 Å². The van der Waals surface area contributed by atoms with Crippen molar-refractivity contribution in [1.82, 2.24) is 20.5 Å². The third-order valence-electron chi connectivity index (χ3n) is 4.42. The van der Waals surface area contributed by atoms with E-state index in [-0.39, 0.29) is 11.9 Å². The number of aryl methyl sites for hydroxylation is 2. The van der Waals surface area contributed by atoms with E-state index in [1.54, 1.807) is 12.4 Å². The molecule has 0 aliphatic carbocycles. The fourth-order valence-corrected chi connectivity index (χ4v) is 2.88. The molecule has 3 aromatic rings. The summed E-state index contributed by atoms with van der Waals surface area (Å²) in [5.74, 6) is -0.00156. The lowest BCUT2D eigenvalue weighted by atomic mass is 10.0. The van der Waals surface area contributed by atoms with Gasteiger partial charge in [0, 0.05) is 23.7 Å². The number of carbonyl (C=O) groups excluding carboxylic acids is 1. The van der Waals surface area contributed by atoms with Gasteiger partial charge in [0.2, 0.25) is 5.91 Å². The van der Waals surface area contributed by atoms with Gasteiger partial charge in [-0.2, -0.15) is 5.10 Å². The van der Waals surface area contributed by atoms with E-state index in [9.17, 15) is 4.79 Å². The molecular formula is C20H22N4O. The molecule has 0 saturated carbocycles. The number of pyridine rings is 1. The van der Waals surface area contributed by atoms with E-state index in [4.69, 9.17) is 0 Å². The zero-order valence-electron chi connectivity index (χ0n) is 14.7. The second-order valence-corrected chi connectivity index (χ2v) is 6.24. The topological polar surface area (TPSA) is 70.7 Å². The van der Waals surface area contributed by atoms with Crippen LogP contribution in [-0.2, 0) is 11.2 Å². The highest BCUT2D eigenvalue weighted by atomic mass is 16.1. The SMILES string of the molecule is Cc1n[nH]c(C)c1CC(=O)NC(C)c1ccc(-c2ccncc2)cc1. The first-order valence-corrected chi connectivity index (χ1v) is 8.34. The number of aromatic amines is 1. The van der Waals surface area contributed by atoms with E-state index in [1.807, 2.05) is 32.9 Å². The maximum Gasteiger partial charge on any atom is 0.225 e. The van der Waals surface area contributed by atoms with Crippen molar-refractivity contribution in [2.24, 2.45) is 0 Å². The summed E-state index contributed by atoms with van der Waals surface area (Å²) in [6.07, 6.45) is 3.91. The number of rotatable bonds is 5. The highest BCUT2D eigenvalue weighted by molar-refractivity contribution is 5.79. The predicted octanol–water partition coefficient (Wildman–Crippen LogP) is 3.51. The molecule has 25 heavy (non-hydrogen) atoms. The van der Waals surface area contributed by atoms with Crippen LogP contribution in [0.25, 0.3) is 11.1 Å². The largest absolute Gasteiger partial charge is 0.349 e. The number of aromatic nitrogens is 3. The van der Waals surface area contributed by atoms with Crippen LogP contribution in [0.3, 0.4) is 0 Å². The molecule has 0 radical (unpaired) electrons. The van der Waals surface area contributed by atoms with Crippen molar-refractivity contribution in [3.05, 3.63) is 71.3 Å². The fourth-order valence-electron chi connectivity index (χ4n) is 2.88. The molecule has 0 fully saturated rings. The zero-order valence-corrected chi connectivity index (χ0v) is 14.7. The Morgan fingerprint density at radius 1 is 1.08 bits per heavy atom. The van der Waals surface area contributed by atoms with Crippen molar-refractivity contribution in [3.63, 3.8) is 0 Å². The molecule has 1 aromatic carbocycles. The number of hydrogen-bond donors (Lipinski definition) is 2. The highest BCUT2D eigenvalue weighted by Crippen LogP contribution is 2.21. The monoisotopic (exact) mass is 334 g/mol. The van der Waals surface area contributed by atoms with Crippen LogP contribution in [0.1, 0.15) is 35.5 Å². The normalized spacial score (nSPS) is 12.0. The molecule has 2 N–H and O–H groups in total. The summed E-state index contributed by atoms with van der Waals surface area (Å²) in [4.78, 5) is 16.4. The molecule has 1 atom stereocenters. The van der Waals surface area contributed by atoms with E-state index in [1.165, 1.54) is 0 Å². The molecule has 5 heteroatoms. The van der Waals surface area contributed by atoms with Crippen LogP contribution in [0.15, 0.2) is 48.8 Å². The quantitative estimate of drug-likeness (QED) is 0.750. The lowest BCUT2D eigenvalue weighted by molar-refractivity contribution is -0.121. The van der Waals surface area contributed by atoms with Crippen LogP contribution in [0.4, 0.5) is 0 Å². The molecule has 0 bridgehead atoms. The number of amides is 1. The molecule has 0 saturated heterocycles. The number of nitrogens with one attached hydrogen (secondary N) is 2. The smallest absolute Gasteiger partial charge is 0.225 e. The summed E-state index contributed by atoms with van der Waals surface area (Å²) in [6.45, 7) is 5.84. The van der Waals surface area contributed by atoms with Gasteiger partial charge in [-0.25, -0.2) is 0 Å². The van der Waals surface area contributed by atoms with Crippen molar-refractivity contribution in [1.29, 1.82) is 0 Å². The van der Waals surface area contributed by atoms with Gasteiger partial charge >= 0.3 is 0 Å². The van der Waals surface area contributed by atoms with Crippen LogP contribution >= 0.6 is 0 Å². The van der Waals surface area contributed by atoms with Gasteiger partial charge in [0.05, 0.1) is 18.2 Å². The standard InChI is InChI=1S/C20H22N4O/c1-13(22-20(25)12-19-14(2)23-24-15(19)3)16-4-6-17(7-5-16)18-8-10-21-11-9-18/h4-11,13H,12H2,1-3H3,(H,22,25)(H,23,24). The van der Waals surface area contributed by atoms with Crippen LogP contribution in [0, 0.1) is 13.8 Å². The Balaban J connectivity index is 1.65. The van der Waals surface area contributed by atoms with Gasteiger partial charge in [0.25, 0.3) is 0 Å². The summed E-state index contributed by atoms with van der Waals surface area (Å²) in [5, 5.41) is 10.1. The third-order valence-corrected chi connectivity index (χ3v) is 4.42. The van der Waals surface area contributed by atoms with Crippen LogP contribution in [-0.4, -0.2) is 21.1 Å². The molecule has 2 heterocycles. The van der Waals surface area contributed by atoms with Gasteiger partial charge < -0.3 is 5.32 Å². The lowest BCUT2D eigenvalue weighted by Gasteiger charge is -2.15. The van der Waals surface area contributed by atoms with Gasteiger partial charge in [0.1, 0.15) is 0 Å². The molecule has 128 valence electrons. The lowest BCUT2D eigenvalue weighted by Crippen LogP contribution is -2.28. The highest BCUT2D eigenvalue weighted by Gasteiger charge is 2.14. The van der Waals surface area contributed by atoms with E-state index in [0.29, 0.717) is 6.42 Å². The van der Waals surface area contributed by atoms with Crippen molar-refractivity contribution in [2.75, 3.05) is 0 Å². The molecule has 2 aromatic heterocycles. The average molecular weight is 334 g/mol. The van der Waals surface area contributed by atoms with E-state index < -0.39 is 0 Å². The Kier molecular flexibility index (Phi) is 4.93. The van der Waals surface area contributed by atoms with E-state index in [2.05, 4.69) is 44.8 Å². The van der Waals surface area contributed by atoms with Crippen molar-refractivity contribution >= 4 is 5.91 Å². The molecule has 5 nitrogen and oxygen atoms in total. The number of hydrogen-bond acceptors (Lipinski definition) is 3. The van der Waals surface area contributed by atoms with Gasteiger partial charge in [-0.05, 0) is 49.6 Å². The summed E-state index contributed by atoms with van der Waals surface area (Å²) < 4.78 is 0. The molecule has 1 unspecified atom stereocenters. The third kappa shape index (κ3) is 3.94. The average Bonchev–Trinajstić information content (AvgIpc) is 2.94. The Bertz CT molecular complexity index is 834. The number of carbonyl (C=O) groups is 1.